The van der Waals surface area contributed by atoms with Crippen LogP contribution >= 0.6 is 0 Å². The van der Waals surface area contributed by atoms with E-state index in [0.717, 1.165) is 0 Å². The third kappa shape index (κ3) is 3.88. The van der Waals surface area contributed by atoms with Crippen molar-refractivity contribution in [2.45, 2.75) is 0 Å². The topological polar surface area (TPSA) is 92.1 Å². The molecule has 104 valence electrons. The van der Waals surface area contributed by atoms with Crippen LogP contribution < -0.4 is 5.32 Å². The standard InChI is InChI=1S/C15H11N3O3/c16-8-11-4-1-2-6-13(11)18-14(19)10-21-15(20)12-5-3-7-17-9-12/h1-7,9H,10H2,(H,18,19). The SMILES string of the molecule is N#Cc1ccccc1NC(=O)COC(=O)c1cccnc1. The van der Waals surface area contributed by atoms with Gasteiger partial charge in [0.15, 0.2) is 6.61 Å². The molecule has 1 aromatic heterocycles. The van der Waals surface area contributed by atoms with Crippen LogP contribution in [0, 0.1) is 11.3 Å². The molecule has 21 heavy (non-hydrogen) atoms. The lowest BCUT2D eigenvalue weighted by molar-refractivity contribution is -0.119. The highest BCUT2D eigenvalue weighted by atomic mass is 16.5. The number of ether oxygens (including phenoxy) is 1. The summed E-state index contributed by atoms with van der Waals surface area (Å²) in [5.74, 6) is -1.15. The van der Waals surface area contributed by atoms with E-state index in [1.165, 1.54) is 18.5 Å². The average molecular weight is 281 g/mol. The third-order valence-corrected chi connectivity index (χ3v) is 2.55. The minimum absolute atomic E-state index is 0.266. The number of aromatic nitrogens is 1. The van der Waals surface area contributed by atoms with Crippen LogP contribution in [0.15, 0.2) is 48.8 Å². The smallest absolute Gasteiger partial charge is 0.340 e. The number of hydrogen-bond acceptors (Lipinski definition) is 5. The van der Waals surface area contributed by atoms with Gasteiger partial charge < -0.3 is 10.1 Å². The van der Waals surface area contributed by atoms with Crippen LogP contribution in [0.2, 0.25) is 0 Å². The van der Waals surface area contributed by atoms with Crippen LogP contribution in [0.1, 0.15) is 15.9 Å². The van der Waals surface area contributed by atoms with E-state index in [1.807, 2.05) is 6.07 Å². The van der Waals surface area contributed by atoms with Gasteiger partial charge in [-0.2, -0.15) is 5.26 Å². The summed E-state index contributed by atoms with van der Waals surface area (Å²) in [4.78, 5) is 27.1. The summed E-state index contributed by atoms with van der Waals surface area (Å²) in [6.07, 6.45) is 2.88. The zero-order valence-corrected chi connectivity index (χ0v) is 10.9. The molecule has 6 heteroatoms. The van der Waals surface area contributed by atoms with E-state index in [9.17, 15) is 9.59 Å². The van der Waals surface area contributed by atoms with Gasteiger partial charge in [-0.25, -0.2) is 4.79 Å². The summed E-state index contributed by atoms with van der Waals surface area (Å²) in [6, 6.07) is 11.7. The molecule has 1 N–H and O–H groups in total. The molecule has 0 saturated carbocycles. The number of anilines is 1. The molecule has 0 spiro atoms. The zero-order valence-electron chi connectivity index (χ0n) is 10.9. The van der Waals surface area contributed by atoms with E-state index in [1.54, 1.807) is 30.3 Å². The minimum atomic E-state index is -0.633. The van der Waals surface area contributed by atoms with Crippen molar-refractivity contribution in [1.82, 2.24) is 4.98 Å². The minimum Gasteiger partial charge on any atom is -0.452 e. The maximum atomic E-state index is 11.7. The molecule has 0 aliphatic heterocycles. The van der Waals surface area contributed by atoms with Gasteiger partial charge in [0.05, 0.1) is 16.8 Å². The third-order valence-electron chi connectivity index (χ3n) is 2.55. The Labute approximate surface area is 121 Å². The van der Waals surface area contributed by atoms with E-state index in [4.69, 9.17) is 10.00 Å². The van der Waals surface area contributed by atoms with E-state index in [0.29, 0.717) is 11.3 Å². The molecule has 2 aromatic rings. The first-order valence-electron chi connectivity index (χ1n) is 6.07. The van der Waals surface area contributed by atoms with Gasteiger partial charge in [0.2, 0.25) is 0 Å². The first-order valence-corrected chi connectivity index (χ1v) is 6.07. The largest absolute Gasteiger partial charge is 0.452 e. The molecule has 0 bridgehead atoms. The molecule has 2 rings (SSSR count). The van der Waals surface area contributed by atoms with E-state index < -0.39 is 18.5 Å². The summed E-state index contributed by atoms with van der Waals surface area (Å²) in [7, 11) is 0. The Morgan fingerprint density at radius 1 is 1.24 bits per heavy atom. The van der Waals surface area contributed by atoms with Gasteiger partial charge in [-0.15, -0.1) is 0 Å². The summed E-state index contributed by atoms with van der Waals surface area (Å²) >= 11 is 0. The van der Waals surface area contributed by atoms with Crippen molar-refractivity contribution < 1.29 is 14.3 Å². The molecule has 1 heterocycles. The van der Waals surface area contributed by atoms with E-state index in [-0.39, 0.29) is 5.56 Å². The Balaban J connectivity index is 1.91. The van der Waals surface area contributed by atoms with Crippen molar-refractivity contribution in [3.05, 3.63) is 59.9 Å². The maximum absolute atomic E-state index is 11.7. The number of nitrogens with one attached hydrogen (secondary N) is 1. The lowest BCUT2D eigenvalue weighted by Gasteiger charge is -2.07. The van der Waals surface area contributed by atoms with Crippen LogP contribution in [-0.2, 0) is 9.53 Å². The Bertz CT molecular complexity index is 693. The Morgan fingerprint density at radius 3 is 2.76 bits per heavy atom. The highest BCUT2D eigenvalue weighted by Crippen LogP contribution is 2.13. The number of para-hydroxylation sites is 1. The first kappa shape index (κ1) is 14.2. The molecule has 0 fully saturated rings. The predicted molar refractivity (Wildman–Crippen MR) is 74.3 cm³/mol. The fraction of sp³-hybridized carbons (Fsp3) is 0.0667. The Hall–Kier alpha value is -3.20. The number of carbonyl (C=O) groups is 2. The predicted octanol–water partition coefficient (Wildman–Crippen LogP) is 1.75. The van der Waals surface area contributed by atoms with Crippen LogP contribution in [0.4, 0.5) is 5.69 Å². The highest BCUT2D eigenvalue weighted by molar-refractivity contribution is 5.96. The fourth-order valence-corrected chi connectivity index (χ4v) is 1.57. The van der Waals surface area contributed by atoms with Crippen molar-refractivity contribution in [3.8, 4) is 6.07 Å². The second-order valence-corrected chi connectivity index (χ2v) is 4.02. The fourth-order valence-electron chi connectivity index (χ4n) is 1.57. The van der Waals surface area contributed by atoms with Gasteiger partial charge in [0.25, 0.3) is 5.91 Å². The van der Waals surface area contributed by atoms with Gasteiger partial charge in [-0.05, 0) is 24.3 Å². The van der Waals surface area contributed by atoms with E-state index in [2.05, 4.69) is 10.3 Å². The summed E-state index contributed by atoms with van der Waals surface area (Å²) < 4.78 is 4.86. The van der Waals surface area contributed by atoms with Gasteiger partial charge in [0.1, 0.15) is 6.07 Å². The van der Waals surface area contributed by atoms with Gasteiger partial charge in [-0.3, -0.25) is 9.78 Å². The number of nitriles is 1. The van der Waals surface area contributed by atoms with Crippen molar-refractivity contribution in [3.63, 3.8) is 0 Å². The van der Waals surface area contributed by atoms with Crippen molar-refractivity contribution >= 4 is 17.6 Å². The first-order chi connectivity index (χ1) is 10.2. The number of nitrogens with zero attached hydrogens (tertiary/aromatic N) is 2. The second kappa shape index (κ2) is 6.82. The van der Waals surface area contributed by atoms with Crippen molar-refractivity contribution in [1.29, 1.82) is 5.26 Å². The summed E-state index contributed by atoms with van der Waals surface area (Å²) in [6.45, 7) is -0.437. The van der Waals surface area contributed by atoms with E-state index >= 15 is 0 Å². The van der Waals surface area contributed by atoms with Gasteiger partial charge in [0, 0.05) is 12.4 Å². The number of amides is 1. The van der Waals surface area contributed by atoms with Gasteiger partial charge >= 0.3 is 5.97 Å². The second-order valence-electron chi connectivity index (χ2n) is 4.02. The van der Waals surface area contributed by atoms with Crippen LogP contribution in [0.25, 0.3) is 0 Å². The molecule has 1 amide bonds. The molecule has 0 saturated heterocycles. The number of carbonyl (C=O) groups excluding carboxylic acids is 2. The monoisotopic (exact) mass is 281 g/mol. The average Bonchev–Trinajstić information content (AvgIpc) is 2.54. The number of benzene rings is 1. The normalized spacial score (nSPS) is 9.48. The molecule has 6 nitrogen and oxygen atoms in total. The highest BCUT2D eigenvalue weighted by Gasteiger charge is 2.11. The maximum Gasteiger partial charge on any atom is 0.340 e. The molecule has 1 aromatic carbocycles. The van der Waals surface area contributed by atoms with Crippen LogP contribution in [0.5, 0.6) is 0 Å². The number of rotatable bonds is 4. The van der Waals surface area contributed by atoms with Crippen LogP contribution in [0.3, 0.4) is 0 Å². The molecule has 0 aliphatic carbocycles. The van der Waals surface area contributed by atoms with Crippen molar-refractivity contribution in [2.24, 2.45) is 0 Å². The number of esters is 1. The number of hydrogen-bond donors (Lipinski definition) is 1. The molecule has 0 aliphatic rings. The zero-order chi connectivity index (χ0) is 15.1. The molecular weight excluding hydrogens is 270 g/mol. The quantitative estimate of drug-likeness (QED) is 0.862. The lowest BCUT2D eigenvalue weighted by atomic mass is 10.2. The summed E-state index contributed by atoms with van der Waals surface area (Å²) in [5.41, 5.74) is 0.981. The lowest BCUT2D eigenvalue weighted by Crippen LogP contribution is -2.21. The van der Waals surface area contributed by atoms with Crippen LogP contribution in [-0.4, -0.2) is 23.5 Å². The van der Waals surface area contributed by atoms with Crippen molar-refractivity contribution in [2.75, 3.05) is 11.9 Å². The molecule has 0 radical (unpaired) electrons. The molecular formula is C15H11N3O3. The Morgan fingerprint density at radius 2 is 2.05 bits per heavy atom. The summed E-state index contributed by atoms with van der Waals surface area (Å²) in [5, 5.41) is 11.4. The Kier molecular flexibility index (Phi) is 4.62. The molecule has 0 atom stereocenters. The number of pyridine rings is 1. The molecule has 0 unspecified atom stereocenters. The van der Waals surface area contributed by atoms with Gasteiger partial charge in [-0.1, -0.05) is 12.1 Å².